The van der Waals surface area contributed by atoms with Crippen LogP contribution >= 0.6 is 23.4 Å². The molecule has 5 rings (SSSR count). The lowest BCUT2D eigenvalue weighted by molar-refractivity contribution is -0.121. The van der Waals surface area contributed by atoms with Crippen LogP contribution in [0.5, 0.6) is 5.75 Å². The Hall–Kier alpha value is -4.86. The zero-order chi connectivity index (χ0) is 30.3. The average Bonchev–Trinajstić information content (AvgIpc) is 3.30. The summed E-state index contributed by atoms with van der Waals surface area (Å²) < 4.78 is 5.15. The summed E-state index contributed by atoms with van der Waals surface area (Å²) >= 11 is 7.40. The van der Waals surface area contributed by atoms with Gasteiger partial charge in [0.2, 0.25) is 11.8 Å². The lowest BCUT2D eigenvalue weighted by Crippen LogP contribution is -2.31. The van der Waals surface area contributed by atoms with Crippen molar-refractivity contribution in [2.45, 2.75) is 16.6 Å². The Labute approximate surface area is 257 Å². The maximum absolute atomic E-state index is 13.3. The number of imide groups is 1. The van der Waals surface area contributed by atoms with E-state index in [1.165, 1.54) is 16.7 Å². The van der Waals surface area contributed by atoms with Gasteiger partial charge in [0.05, 0.1) is 18.0 Å². The van der Waals surface area contributed by atoms with Crippen LogP contribution in [-0.2, 0) is 14.4 Å². The fraction of sp³-hybridized carbons (Fsp3) is 0.0909. The Kier molecular flexibility index (Phi) is 9.24. The van der Waals surface area contributed by atoms with Gasteiger partial charge < -0.3 is 15.4 Å². The van der Waals surface area contributed by atoms with Crippen molar-refractivity contribution in [3.63, 3.8) is 0 Å². The van der Waals surface area contributed by atoms with Crippen molar-refractivity contribution in [2.75, 3.05) is 17.3 Å². The molecule has 0 spiro atoms. The highest BCUT2D eigenvalue weighted by atomic mass is 35.5. The molecule has 4 aromatic carbocycles. The van der Waals surface area contributed by atoms with Crippen molar-refractivity contribution in [3.8, 4) is 5.75 Å². The number of carbonyl (C=O) groups is 4. The number of thioether (sulfide) groups is 1. The van der Waals surface area contributed by atoms with Crippen molar-refractivity contribution in [1.29, 1.82) is 0 Å². The molecule has 1 heterocycles. The molecular formula is C33H26ClN3O5S. The molecule has 8 nitrogen and oxygen atoms in total. The van der Waals surface area contributed by atoms with Gasteiger partial charge in [0.1, 0.15) is 11.4 Å². The number of hydrogen-bond acceptors (Lipinski definition) is 6. The van der Waals surface area contributed by atoms with E-state index in [9.17, 15) is 19.2 Å². The first-order chi connectivity index (χ1) is 20.8. The largest absolute Gasteiger partial charge is 0.497 e. The minimum Gasteiger partial charge on any atom is -0.497 e. The lowest BCUT2D eigenvalue weighted by atomic mass is 10.1. The van der Waals surface area contributed by atoms with Gasteiger partial charge in [-0.2, -0.15) is 0 Å². The second-order valence-electron chi connectivity index (χ2n) is 9.49. The quantitative estimate of drug-likeness (QED) is 0.173. The van der Waals surface area contributed by atoms with E-state index in [1.54, 1.807) is 116 Å². The van der Waals surface area contributed by atoms with Crippen LogP contribution in [0.1, 0.15) is 22.3 Å². The average molecular weight is 612 g/mol. The van der Waals surface area contributed by atoms with Gasteiger partial charge in [-0.3, -0.25) is 19.2 Å². The first-order valence-corrected chi connectivity index (χ1v) is 14.5. The van der Waals surface area contributed by atoms with Crippen LogP contribution in [0.25, 0.3) is 6.08 Å². The zero-order valence-electron chi connectivity index (χ0n) is 23.0. The highest BCUT2D eigenvalue weighted by Gasteiger charge is 2.40. The van der Waals surface area contributed by atoms with Crippen LogP contribution in [-0.4, -0.2) is 36.0 Å². The molecule has 0 bridgehead atoms. The number of amides is 4. The number of carbonyl (C=O) groups excluding carboxylic acids is 4. The summed E-state index contributed by atoms with van der Waals surface area (Å²) in [5.74, 6) is -0.895. The molecule has 216 valence electrons. The monoisotopic (exact) mass is 611 g/mol. The van der Waals surface area contributed by atoms with Crippen LogP contribution in [0.4, 0.5) is 11.4 Å². The highest BCUT2D eigenvalue weighted by Crippen LogP contribution is 2.35. The maximum atomic E-state index is 13.3. The van der Waals surface area contributed by atoms with Gasteiger partial charge in [0.25, 0.3) is 11.8 Å². The second-order valence-corrected chi connectivity index (χ2v) is 11.2. The van der Waals surface area contributed by atoms with E-state index in [0.29, 0.717) is 33.3 Å². The number of rotatable bonds is 9. The maximum Gasteiger partial charge on any atom is 0.272 e. The van der Waals surface area contributed by atoms with Crippen molar-refractivity contribution >= 4 is 64.4 Å². The number of benzene rings is 4. The molecule has 1 saturated heterocycles. The summed E-state index contributed by atoms with van der Waals surface area (Å²) in [5.41, 5.74) is 2.05. The third-order valence-electron chi connectivity index (χ3n) is 6.51. The number of halogens is 1. The molecule has 1 unspecified atom stereocenters. The van der Waals surface area contributed by atoms with Crippen molar-refractivity contribution in [2.24, 2.45) is 0 Å². The molecule has 1 fully saturated rings. The molecular weight excluding hydrogens is 586 g/mol. The number of anilines is 2. The summed E-state index contributed by atoms with van der Waals surface area (Å²) in [7, 11) is 1.55. The Bertz CT molecular complexity index is 1690. The number of hydrogen-bond donors (Lipinski definition) is 2. The SMILES string of the molecule is COc1ccc(N2C(=O)CC(Sc3ccc(NC(=O)/C(=C/c4cccc(Cl)c4)NC(=O)c4ccccc4)cc3)C2=O)cc1. The van der Waals surface area contributed by atoms with Gasteiger partial charge >= 0.3 is 0 Å². The summed E-state index contributed by atoms with van der Waals surface area (Å²) in [4.78, 5) is 53.8. The van der Waals surface area contributed by atoms with E-state index in [-0.39, 0.29) is 23.9 Å². The molecule has 4 amide bonds. The summed E-state index contributed by atoms with van der Waals surface area (Å²) in [6.07, 6.45) is 1.62. The van der Waals surface area contributed by atoms with E-state index >= 15 is 0 Å². The normalized spacial score (nSPS) is 14.9. The molecule has 1 atom stereocenters. The molecule has 10 heteroatoms. The molecule has 0 aliphatic carbocycles. The van der Waals surface area contributed by atoms with Gasteiger partial charge in [-0.15, -0.1) is 11.8 Å². The number of nitrogens with zero attached hydrogens (tertiary/aromatic N) is 1. The van der Waals surface area contributed by atoms with Gasteiger partial charge in [-0.05, 0) is 84.4 Å². The van der Waals surface area contributed by atoms with E-state index < -0.39 is 17.1 Å². The van der Waals surface area contributed by atoms with Crippen LogP contribution in [0.3, 0.4) is 0 Å². The Morgan fingerprint density at radius 3 is 2.33 bits per heavy atom. The van der Waals surface area contributed by atoms with Gasteiger partial charge in [-0.25, -0.2) is 4.90 Å². The molecule has 0 saturated carbocycles. The second kappa shape index (κ2) is 13.4. The lowest BCUT2D eigenvalue weighted by Gasteiger charge is -2.15. The predicted molar refractivity (Wildman–Crippen MR) is 168 cm³/mol. The number of nitrogens with one attached hydrogen (secondary N) is 2. The van der Waals surface area contributed by atoms with Gasteiger partial charge in [0.15, 0.2) is 0 Å². The van der Waals surface area contributed by atoms with Crippen LogP contribution in [0, 0.1) is 0 Å². The van der Waals surface area contributed by atoms with E-state index in [4.69, 9.17) is 16.3 Å². The first-order valence-electron chi connectivity index (χ1n) is 13.2. The van der Waals surface area contributed by atoms with E-state index in [1.807, 2.05) is 0 Å². The number of methoxy groups -OCH3 is 1. The Morgan fingerprint density at radius 2 is 1.65 bits per heavy atom. The summed E-state index contributed by atoms with van der Waals surface area (Å²) in [5, 5.41) is 5.42. The highest BCUT2D eigenvalue weighted by molar-refractivity contribution is 8.00. The molecule has 1 aliphatic rings. The van der Waals surface area contributed by atoms with Crippen LogP contribution in [0.15, 0.2) is 114 Å². The van der Waals surface area contributed by atoms with Crippen molar-refractivity contribution < 1.29 is 23.9 Å². The van der Waals surface area contributed by atoms with Crippen molar-refractivity contribution in [3.05, 3.63) is 125 Å². The molecule has 1 aliphatic heterocycles. The summed E-state index contributed by atoms with van der Waals surface area (Å²) in [6, 6.07) is 29.2. The van der Waals surface area contributed by atoms with Gasteiger partial charge in [-0.1, -0.05) is 41.9 Å². The molecule has 43 heavy (non-hydrogen) atoms. The zero-order valence-corrected chi connectivity index (χ0v) is 24.5. The van der Waals surface area contributed by atoms with Gasteiger partial charge in [0, 0.05) is 27.6 Å². The molecule has 4 aromatic rings. The van der Waals surface area contributed by atoms with E-state index in [2.05, 4.69) is 10.6 Å². The minimum absolute atomic E-state index is 0.0308. The fourth-order valence-corrected chi connectivity index (χ4v) is 5.64. The topological polar surface area (TPSA) is 105 Å². The standard InChI is InChI=1S/C33H26ClN3O5S/c1-42-26-14-12-25(13-15-26)37-30(38)20-29(33(37)41)43-27-16-10-24(11-17-27)35-32(40)28(19-21-6-5-9-23(34)18-21)36-31(39)22-7-3-2-4-8-22/h2-19,29H,20H2,1H3,(H,35,40)(H,36,39)/b28-19-. The Balaban J connectivity index is 1.27. The summed E-state index contributed by atoms with van der Waals surface area (Å²) in [6.45, 7) is 0. The fourth-order valence-electron chi connectivity index (χ4n) is 4.38. The third kappa shape index (κ3) is 7.32. The molecule has 0 aromatic heterocycles. The molecule has 2 N–H and O–H groups in total. The first kappa shape index (κ1) is 29.6. The minimum atomic E-state index is -0.574. The van der Waals surface area contributed by atoms with E-state index in [0.717, 1.165) is 4.90 Å². The van der Waals surface area contributed by atoms with Crippen LogP contribution in [0.2, 0.25) is 5.02 Å². The smallest absolute Gasteiger partial charge is 0.272 e. The number of ether oxygens (including phenoxy) is 1. The Morgan fingerprint density at radius 1 is 0.930 bits per heavy atom. The predicted octanol–water partition coefficient (Wildman–Crippen LogP) is 6.18. The van der Waals surface area contributed by atoms with Crippen molar-refractivity contribution in [1.82, 2.24) is 5.32 Å². The molecule has 0 radical (unpaired) electrons. The third-order valence-corrected chi connectivity index (χ3v) is 7.95. The van der Waals surface area contributed by atoms with Crippen LogP contribution < -0.4 is 20.3 Å².